The SMILES string of the molecule is Cc1ccc(S(=O)(=O)c2cn(CC(=O)COc3c(F)c(F)cc(F)c3F)nn2)cc1. The van der Waals surface area contributed by atoms with Crippen molar-refractivity contribution < 1.29 is 35.5 Å². The second kappa shape index (κ2) is 8.22. The van der Waals surface area contributed by atoms with Crippen LogP contribution in [0.15, 0.2) is 46.5 Å². The Hall–Kier alpha value is -3.28. The minimum Gasteiger partial charge on any atom is -0.479 e. The number of halogens is 4. The summed E-state index contributed by atoms with van der Waals surface area (Å²) in [5, 5.41) is 6.64. The smallest absolute Gasteiger partial charge is 0.227 e. The lowest BCUT2D eigenvalue weighted by atomic mass is 10.2. The average molecular weight is 443 g/mol. The maximum Gasteiger partial charge on any atom is 0.227 e. The molecule has 0 atom stereocenters. The van der Waals surface area contributed by atoms with Crippen molar-refractivity contribution in [2.75, 3.05) is 6.61 Å². The van der Waals surface area contributed by atoms with E-state index in [1.165, 1.54) is 12.1 Å². The van der Waals surface area contributed by atoms with E-state index in [0.717, 1.165) is 16.4 Å². The molecule has 0 aliphatic heterocycles. The summed E-state index contributed by atoms with van der Waals surface area (Å²) < 4.78 is 83.8. The molecule has 3 aromatic rings. The van der Waals surface area contributed by atoms with Crippen LogP contribution in [0.1, 0.15) is 5.56 Å². The first kappa shape index (κ1) is 21.4. The van der Waals surface area contributed by atoms with Gasteiger partial charge >= 0.3 is 0 Å². The first-order chi connectivity index (χ1) is 14.1. The van der Waals surface area contributed by atoms with E-state index in [9.17, 15) is 30.8 Å². The van der Waals surface area contributed by atoms with Crippen LogP contribution in [0.4, 0.5) is 17.6 Å². The number of ketones is 1. The van der Waals surface area contributed by atoms with Gasteiger partial charge in [0.15, 0.2) is 23.2 Å². The van der Waals surface area contributed by atoms with Gasteiger partial charge in [-0.2, -0.15) is 8.78 Å². The van der Waals surface area contributed by atoms with E-state index >= 15 is 0 Å². The van der Waals surface area contributed by atoms with Crippen molar-refractivity contribution in [2.45, 2.75) is 23.4 Å². The number of aryl methyl sites for hydroxylation is 1. The number of hydrogen-bond acceptors (Lipinski definition) is 6. The monoisotopic (exact) mass is 443 g/mol. The van der Waals surface area contributed by atoms with Crippen molar-refractivity contribution in [2.24, 2.45) is 0 Å². The second-order valence-electron chi connectivity index (χ2n) is 6.20. The first-order valence-corrected chi connectivity index (χ1v) is 9.77. The lowest BCUT2D eigenvalue weighted by molar-refractivity contribution is -0.121. The number of rotatable bonds is 7. The number of ether oxygens (including phenoxy) is 1. The van der Waals surface area contributed by atoms with E-state index in [0.29, 0.717) is 0 Å². The number of carbonyl (C=O) groups is 1. The summed E-state index contributed by atoms with van der Waals surface area (Å²) in [6.07, 6.45) is 0.996. The molecule has 1 aromatic heterocycles. The van der Waals surface area contributed by atoms with Crippen LogP contribution in [0.3, 0.4) is 0 Å². The molecule has 12 heteroatoms. The van der Waals surface area contributed by atoms with Crippen molar-refractivity contribution >= 4 is 15.6 Å². The van der Waals surface area contributed by atoms with Gasteiger partial charge in [0.25, 0.3) is 0 Å². The van der Waals surface area contributed by atoms with Crippen molar-refractivity contribution in [3.8, 4) is 5.75 Å². The molecular weight excluding hydrogens is 430 g/mol. The summed E-state index contributed by atoms with van der Waals surface area (Å²) in [7, 11) is -3.97. The highest BCUT2D eigenvalue weighted by Crippen LogP contribution is 2.26. The zero-order valence-corrected chi connectivity index (χ0v) is 16.1. The molecule has 0 saturated carbocycles. The molecule has 2 aromatic carbocycles. The Morgan fingerprint density at radius 1 is 1.07 bits per heavy atom. The van der Waals surface area contributed by atoms with Gasteiger partial charge in [0.2, 0.25) is 26.5 Å². The molecule has 0 aliphatic rings. The summed E-state index contributed by atoms with van der Waals surface area (Å²) in [5.74, 6) is -9.12. The number of aromatic nitrogens is 3. The van der Waals surface area contributed by atoms with Gasteiger partial charge in [-0.3, -0.25) is 4.79 Å². The molecule has 0 saturated heterocycles. The standard InChI is InChI=1S/C18H13F4N3O4S/c1-10-2-4-12(5-3-10)30(27,28)15-8-25(24-23-15)7-11(26)9-29-18-16(21)13(19)6-14(20)17(18)22/h2-6,8H,7,9H2,1H3. The van der Waals surface area contributed by atoms with Crippen molar-refractivity contribution in [3.63, 3.8) is 0 Å². The molecule has 0 N–H and O–H groups in total. The van der Waals surface area contributed by atoms with Crippen LogP contribution < -0.4 is 4.74 Å². The van der Waals surface area contributed by atoms with Crippen LogP contribution >= 0.6 is 0 Å². The normalized spacial score (nSPS) is 11.5. The molecule has 0 spiro atoms. The number of nitrogens with zero attached hydrogens (tertiary/aromatic N) is 3. The van der Waals surface area contributed by atoms with Crippen LogP contribution in [0.25, 0.3) is 0 Å². The van der Waals surface area contributed by atoms with Gasteiger partial charge in [0, 0.05) is 6.07 Å². The third-order valence-corrected chi connectivity index (χ3v) is 5.54. The molecule has 7 nitrogen and oxygen atoms in total. The van der Waals surface area contributed by atoms with Crippen LogP contribution in [0.5, 0.6) is 5.75 Å². The first-order valence-electron chi connectivity index (χ1n) is 8.29. The quantitative estimate of drug-likeness (QED) is 0.412. The van der Waals surface area contributed by atoms with Crippen molar-refractivity contribution in [1.29, 1.82) is 0 Å². The summed E-state index contributed by atoms with van der Waals surface area (Å²) in [5.41, 5.74) is 0.856. The molecule has 158 valence electrons. The number of carbonyl (C=O) groups excluding carboxylic acids is 1. The van der Waals surface area contributed by atoms with E-state index in [4.69, 9.17) is 0 Å². The molecule has 0 fully saturated rings. The van der Waals surface area contributed by atoms with Crippen molar-refractivity contribution in [1.82, 2.24) is 15.0 Å². The molecule has 0 amide bonds. The van der Waals surface area contributed by atoms with E-state index in [1.54, 1.807) is 19.1 Å². The number of sulfone groups is 1. The number of benzene rings is 2. The van der Waals surface area contributed by atoms with Gasteiger partial charge in [-0.15, -0.1) is 5.10 Å². The Labute approximate surface area is 167 Å². The highest BCUT2D eigenvalue weighted by atomic mass is 32.2. The van der Waals surface area contributed by atoms with Crippen LogP contribution in [0, 0.1) is 30.2 Å². The highest BCUT2D eigenvalue weighted by molar-refractivity contribution is 7.91. The third-order valence-electron chi connectivity index (χ3n) is 3.91. The van der Waals surface area contributed by atoms with Gasteiger partial charge in [0.1, 0.15) is 13.2 Å². The predicted molar refractivity (Wildman–Crippen MR) is 93.4 cm³/mol. The number of hydrogen-bond donors (Lipinski definition) is 0. The van der Waals surface area contributed by atoms with Gasteiger partial charge < -0.3 is 4.74 Å². The lowest BCUT2D eigenvalue weighted by Gasteiger charge is -2.08. The van der Waals surface area contributed by atoms with Crippen molar-refractivity contribution in [3.05, 3.63) is 65.4 Å². The van der Waals surface area contributed by atoms with Crippen LogP contribution in [0.2, 0.25) is 0 Å². The summed E-state index contributed by atoms with van der Waals surface area (Å²) >= 11 is 0. The Kier molecular flexibility index (Phi) is 5.87. The average Bonchev–Trinajstić information content (AvgIpc) is 3.16. The van der Waals surface area contributed by atoms with Crippen LogP contribution in [-0.2, 0) is 21.2 Å². The molecule has 30 heavy (non-hydrogen) atoms. The zero-order chi connectivity index (χ0) is 22.1. The minimum absolute atomic E-state index is 0.00474. The Balaban J connectivity index is 1.69. The second-order valence-corrected chi connectivity index (χ2v) is 8.09. The van der Waals surface area contributed by atoms with E-state index in [-0.39, 0.29) is 11.0 Å². The minimum atomic E-state index is -3.97. The Morgan fingerprint density at radius 3 is 2.27 bits per heavy atom. The fourth-order valence-corrected chi connectivity index (χ4v) is 3.52. The Morgan fingerprint density at radius 2 is 1.67 bits per heavy atom. The fourth-order valence-electron chi connectivity index (χ4n) is 2.38. The molecule has 0 aliphatic carbocycles. The molecule has 0 unspecified atom stereocenters. The largest absolute Gasteiger partial charge is 0.479 e. The van der Waals surface area contributed by atoms with Gasteiger partial charge in [-0.25, -0.2) is 21.9 Å². The maximum absolute atomic E-state index is 13.5. The predicted octanol–water partition coefficient (Wildman–Crippen LogP) is 2.62. The van der Waals surface area contributed by atoms with Gasteiger partial charge in [-0.1, -0.05) is 22.9 Å². The topological polar surface area (TPSA) is 91.2 Å². The fraction of sp³-hybridized carbons (Fsp3) is 0.167. The summed E-state index contributed by atoms with van der Waals surface area (Å²) in [6.45, 7) is 0.282. The molecule has 0 radical (unpaired) electrons. The molecular formula is C18H13F4N3O4S. The highest BCUT2D eigenvalue weighted by Gasteiger charge is 2.23. The molecule has 0 bridgehead atoms. The third kappa shape index (κ3) is 4.32. The zero-order valence-electron chi connectivity index (χ0n) is 15.3. The lowest BCUT2D eigenvalue weighted by Crippen LogP contribution is -2.19. The number of Topliss-reactive ketones (excluding diaryl/α,β-unsaturated/α-hetero) is 1. The Bertz CT molecular complexity index is 1180. The maximum atomic E-state index is 13.5. The van der Waals surface area contributed by atoms with Gasteiger partial charge in [0.05, 0.1) is 11.1 Å². The summed E-state index contributed by atoms with van der Waals surface area (Å²) in [6, 6.07) is 6.00. The molecule has 1 heterocycles. The van der Waals surface area contributed by atoms with Gasteiger partial charge in [-0.05, 0) is 19.1 Å². The van der Waals surface area contributed by atoms with Crippen LogP contribution in [-0.4, -0.2) is 35.8 Å². The molecule has 3 rings (SSSR count). The van der Waals surface area contributed by atoms with E-state index < -0.39 is 62.8 Å². The van der Waals surface area contributed by atoms with E-state index in [2.05, 4.69) is 15.0 Å². The van der Waals surface area contributed by atoms with E-state index in [1.807, 2.05) is 0 Å². The summed E-state index contributed by atoms with van der Waals surface area (Å²) in [4.78, 5) is 11.9.